The molecule has 20 heavy (non-hydrogen) atoms. The third kappa shape index (κ3) is 3.05. The molecule has 0 radical (unpaired) electrons. The van der Waals surface area contributed by atoms with Crippen LogP contribution in [0.1, 0.15) is 18.4 Å². The van der Waals surface area contributed by atoms with Crippen LogP contribution in [0.25, 0.3) is 0 Å². The predicted molar refractivity (Wildman–Crippen MR) is 75.2 cm³/mol. The number of carbonyl (C=O) groups is 1. The maximum atomic E-state index is 12.2. The summed E-state index contributed by atoms with van der Waals surface area (Å²) in [5, 5.41) is 0. The Kier molecular flexibility index (Phi) is 4.20. The van der Waals surface area contributed by atoms with Crippen molar-refractivity contribution in [1.29, 1.82) is 0 Å². The highest BCUT2D eigenvalue weighted by atomic mass is 32.2. The monoisotopic (exact) mass is 290 g/mol. The number of carbonyl (C=O) groups excluding carboxylic acids is 1. The molecule has 0 fully saturated rings. The van der Waals surface area contributed by atoms with Crippen molar-refractivity contribution in [2.45, 2.75) is 17.7 Å². The molecule has 0 N–H and O–H groups in total. The quantitative estimate of drug-likeness (QED) is 0.627. The van der Waals surface area contributed by atoms with Crippen molar-refractivity contribution in [3.05, 3.63) is 60.2 Å². The molecular weight excluding hydrogens is 276 g/mol. The van der Waals surface area contributed by atoms with Crippen molar-refractivity contribution in [3.63, 3.8) is 0 Å². The molecule has 0 saturated heterocycles. The van der Waals surface area contributed by atoms with Crippen molar-refractivity contribution >= 4 is 16.4 Å². The lowest BCUT2D eigenvalue weighted by atomic mass is 10.0. The highest BCUT2D eigenvalue weighted by Crippen LogP contribution is 2.27. The van der Waals surface area contributed by atoms with Gasteiger partial charge in [-0.1, -0.05) is 43.3 Å². The van der Waals surface area contributed by atoms with Gasteiger partial charge in [-0.3, -0.25) is 0 Å². The van der Waals surface area contributed by atoms with Gasteiger partial charge in [0.25, 0.3) is 0 Å². The van der Waals surface area contributed by atoms with Gasteiger partial charge in [0.2, 0.25) is 0 Å². The van der Waals surface area contributed by atoms with Gasteiger partial charge in [0, 0.05) is 11.5 Å². The van der Waals surface area contributed by atoms with Crippen LogP contribution < -0.4 is 4.18 Å². The Labute approximate surface area is 118 Å². The standard InChI is InChI=1S/C15H14O4S/c1-12(11-16)14-9-5-6-10-15(14)19-20(17,18)13-7-3-2-4-8-13/h2-12H,1H3. The Morgan fingerprint density at radius 3 is 2.25 bits per heavy atom. The first-order valence-electron chi connectivity index (χ1n) is 6.08. The lowest BCUT2D eigenvalue weighted by molar-refractivity contribution is -0.108. The summed E-state index contributed by atoms with van der Waals surface area (Å²) in [4.78, 5) is 11.0. The normalized spacial score (nSPS) is 12.7. The molecular formula is C15H14O4S. The molecule has 0 aliphatic rings. The van der Waals surface area contributed by atoms with Gasteiger partial charge >= 0.3 is 10.1 Å². The zero-order valence-corrected chi connectivity index (χ0v) is 11.7. The minimum atomic E-state index is -3.89. The molecule has 1 atom stereocenters. The first-order valence-corrected chi connectivity index (χ1v) is 7.49. The number of rotatable bonds is 5. The minimum absolute atomic E-state index is 0.0774. The maximum absolute atomic E-state index is 12.2. The van der Waals surface area contributed by atoms with Gasteiger partial charge in [-0.15, -0.1) is 0 Å². The Morgan fingerprint density at radius 2 is 1.60 bits per heavy atom. The average molecular weight is 290 g/mol. The second-order valence-electron chi connectivity index (χ2n) is 4.31. The second kappa shape index (κ2) is 5.88. The van der Waals surface area contributed by atoms with Gasteiger partial charge < -0.3 is 8.98 Å². The largest absolute Gasteiger partial charge is 0.379 e. The molecule has 0 heterocycles. The molecule has 2 aromatic rings. The summed E-state index contributed by atoms with van der Waals surface area (Å²) >= 11 is 0. The van der Waals surface area contributed by atoms with Gasteiger partial charge in [-0.25, -0.2) is 0 Å². The number of benzene rings is 2. The van der Waals surface area contributed by atoms with Crippen LogP contribution in [0.15, 0.2) is 59.5 Å². The van der Waals surface area contributed by atoms with Gasteiger partial charge in [0.15, 0.2) is 0 Å². The van der Waals surface area contributed by atoms with Crippen LogP contribution >= 0.6 is 0 Å². The summed E-state index contributed by atoms with van der Waals surface area (Å²) < 4.78 is 29.5. The first kappa shape index (κ1) is 14.3. The molecule has 1 unspecified atom stereocenters. The number of hydrogen-bond acceptors (Lipinski definition) is 4. The summed E-state index contributed by atoms with van der Waals surface area (Å²) in [6.45, 7) is 1.68. The van der Waals surface area contributed by atoms with E-state index in [-0.39, 0.29) is 10.6 Å². The summed E-state index contributed by atoms with van der Waals surface area (Å²) in [6.07, 6.45) is 0.747. The van der Waals surface area contributed by atoms with E-state index in [1.807, 2.05) is 0 Å². The fourth-order valence-electron chi connectivity index (χ4n) is 1.76. The fourth-order valence-corrected chi connectivity index (χ4v) is 2.73. The lowest BCUT2D eigenvalue weighted by Gasteiger charge is -2.12. The van der Waals surface area contributed by atoms with Crippen molar-refractivity contribution < 1.29 is 17.4 Å². The van der Waals surface area contributed by atoms with Gasteiger partial charge in [0.1, 0.15) is 16.9 Å². The third-order valence-corrected chi connectivity index (χ3v) is 4.09. The van der Waals surface area contributed by atoms with Crippen LogP contribution in [0.4, 0.5) is 0 Å². The maximum Gasteiger partial charge on any atom is 0.339 e. The SMILES string of the molecule is CC(C=O)c1ccccc1OS(=O)(=O)c1ccccc1. The molecule has 0 amide bonds. The molecule has 2 rings (SSSR count). The van der Waals surface area contributed by atoms with E-state index >= 15 is 0 Å². The molecule has 104 valence electrons. The Bertz CT molecular complexity index is 693. The van der Waals surface area contributed by atoms with Crippen LogP contribution in [-0.2, 0) is 14.9 Å². The zero-order chi connectivity index (χ0) is 14.6. The molecule has 0 spiro atoms. The molecule has 0 bridgehead atoms. The van der Waals surface area contributed by atoms with Crippen LogP contribution in [-0.4, -0.2) is 14.7 Å². The molecule has 0 aliphatic heterocycles. The third-order valence-electron chi connectivity index (χ3n) is 2.85. The van der Waals surface area contributed by atoms with Gasteiger partial charge in [0.05, 0.1) is 0 Å². The highest BCUT2D eigenvalue weighted by molar-refractivity contribution is 7.87. The van der Waals surface area contributed by atoms with Crippen molar-refractivity contribution in [1.82, 2.24) is 0 Å². The van der Waals surface area contributed by atoms with Gasteiger partial charge in [-0.2, -0.15) is 8.42 Å². The fraction of sp³-hybridized carbons (Fsp3) is 0.133. The Balaban J connectivity index is 2.38. The van der Waals surface area contributed by atoms with E-state index < -0.39 is 16.0 Å². The van der Waals surface area contributed by atoms with Crippen molar-refractivity contribution in [2.75, 3.05) is 0 Å². The molecule has 5 heteroatoms. The van der Waals surface area contributed by atoms with Gasteiger partial charge in [-0.05, 0) is 18.2 Å². The van der Waals surface area contributed by atoms with E-state index in [1.165, 1.54) is 18.2 Å². The second-order valence-corrected chi connectivity index (χ2v) is 5.86. The van der Waals surface area contributed by atoms with Crippen LogP contribution in [0.3, 0.4) is 0 Å². The minimum Gasteiger partial charge on any atom is -0.379 e. The van der Waals surface area contributed by atoms with E-state index in [2.05, 4.69) is 0 Å². The number of aldehydes is 1. The Hall–Kier alpha value is -2.14. The number of hydrogen-bond donors (Lipinski definition) is 0. The number of para-hydroxylation sites is 1. The topological polar surface area (TPSA) is 60.4 Å². The molecule has 0 saturated carbocycles. The van der Waals surface area contributed by atoms with Crippen LogP contribution in [0.5, 0.6) is 5.75 Å². The molecule has 0 aromatic heterocycles. The van der Waals surface area contributed by atoms with E-state index in [0.29, 0.717) is 5.56 Å². The van der Waals surface area contributed by atoms with Crippen LogP contribution in [0, 0.1) is 0 Å². The molecule has 4 nitrogen and oxygen atoms in total. The van der Waals surface area contributed by atoms with Crippen LogP contribution in [0.2, 0.25) is 0 Å². The Morgan fingerprint density at radius 1 is 1.00 bits per heavy atom. The lowest BCUT2D eigenvalue weighted by Crippen LogP contribution is -2.11. The predicted octanol–water partition coefficient (Wildman–Crippen LogP) is 2.76. The van der Waals surface area contributed by atoms with Crippen molar-refractivity contribution in [2.24, 2.45) is 0 Å². The summed E-state index contributed by atoms with van der Waals surface area (Å²) in [5.74, 6) is -0.256. The molecule has 0 aliphatic carbocycles. The van der Waals surface area contributed by atoms with E-state index in [4.69, 9.17) is 4.18 Å². The molecule has 2 aromatic carbocycles. The zero-order valence-electron chi connectivity index (χ0n) is 10.9. The summed E-state index contributed by atoms with van der Waals surface area (Å²) in [7, 11) is -3.89. The smallest absolute Gasteiger partial charge is 0.339 e. The average Bonchev–Trinajstić information content (AvgIpc) is 2.47. The highest BCUT2D eigenvalue weighted by Gasteiger charge is 2.19. The van der Waals surface area contributed by atoms with E-state index in [9.17, 15) is 13.2 Å². The summed E-state index contributed by atoms with van der Waals surface area (Å²) in [5.41, 5.74) is 0.544. The summed E-state index contributed by atoms with van der Waals surface area (Å²) in [6, 6.07) is 14.5. The van der Waals surface area contributed by atoms with E-state index in [1.54, 1.807) is 43.3 Å². The van der Waals surface area contributed by atoms with Crippen molar-refractivity contribution in [3.8, 4) is 5.75 Å². The first-order chi connectivity index (χ1) is 9.54. The van der Waals surface area contributed by atoms with E-state index in [0.717, 1.165) is 6.29 Å².